The summed E-state index contributed by atoms with van der Waals surface area (Å²) in [7, 11) is 0. The Balaban J connectivity index is 1.97. The van der Waals surface area contributed by atoms with Crippen molar-refractivity contribution in [3.05, 3.63) is 68.9 Å². The first-order chi connectivity index (χ1) is 11.2. The van der Waals surface area contributed by atoms with Crippen LogP contribution in [0, 0.1) is 4.77 Å². The maximum atomic E-state index is 5.29. The lowest BCUT2D eigenvalue weighted by Gasteiger charge is -2.03. The molecule has 0 saturated heterocycles. The van der Waals surface area contributed by atoms with Gasteiger partial charge in [0, 0.05) is 10.0 Å². The van der Waals surface area contributed by atoms with Crippen LogP contribution in [0.4, 0.5) is 0 Å². The summed E-state index contributed by atoms with van der Waals surface area (Å²) >= 11 is 8.82. The second kappa shape index (κ2) is 7.02. The quantitative estimate of drug-likeness (QED) is 0.516. The summed E-state index contributed by atoms with van der Waals surface area (Å²) in [5.41, 5.74) is 3.25. The molecule has 0 bridgehead atoms. The van der Waals surface area contributed by atoms with E-state index in [0.29, 0.717) is 10.6 Å². The third kappa shape index (κ3) is 3.48. The summed E-state index contributed by atoms with van der Waals surface area (Å²) in [6, 6.07) is 16.1. The number of hydrogen-bond donors (Lipinski definition) is 1. The highest BCUT2D eigenvalue weighted by atomic mass is 79.9. The summed E-state index contributed by atoms with van der Waals surface area (Å²) < 4.78 is 3.03. The number of aryl methyl sites for hydroxylation is 1. The number of nitrogens with one attached hydrogen (secondary N) is 1. The van der Waals surface area contributed by atoms with Gasteiger partial charge < -0.3 is 0 Å². The number of nitrogens with zero attached hydrogens (tertiary/aromatic N) is 3. The maximum absolute atomic E-state index is 5.29. The molecule has 0 unspecified atom stereocenters. The normalized spacial score (nSPS) is 11.2. The van der Waals surface area contributed by atoms with Crippen LogP contribution in [0.15, 0.2) is 58.1 Å². The van der Waals surface area contributed by atoms with Gasteiger partial charge in [-0.1, -0.05) is 59.3 Å². The number of aromatic amines is 1. The SMILES string of the molecule is CCc1ccc(C=Nn2c(-c3ccccc3Br)n[nH]c2=S)cc1. The van der Waals surface area contributed by atoms with Crippen LogP contribution in [0.3, 0.4) is 0 Å². The highest BCUT2D eigenvalue weighted by Crippen LogP contribution is 2.26. The predicted octanol–water partition coefficient (Wildman–Crippen LogP) is 4.81. The van der Waals surface area contributed by atoms with Crippen LogP contribution in [0.2, 0.25) is 0 Å². The van der Waals surface area contributed by atoms with Crippen molar-refractivity contribution in [1.82, 2.24) is 14.9 Å². The van der Waals surface area contributed by atoms with E-state index in [2.05, 4.69) is 50.3 Å². The zero-order valence-electron chi connectivity index (χ0n) is 12.5. The first-order valence-corrected chi connectivity index (χ1v) is 8.45. The summed E-state index contributed by atoms with van der Waals surface area (Å²) in [5, 5.41) is 11.6. The monoisotopic (exact) mass is 386 g/mol. The fourth-order valence-corrected chi connectivity index (χ4v) is 2.82. The lowest BCUT2D eigenvalue weighted by molar-refractivity contribution is 0.871. The molecule has 0 fully saturated rings. The number of hydrogen-bond acceptors (Lipinski definition) is 3. The Morgan fingerprint density at radius 2 is 1.96 bits per heavy atom. The van der Waals surface area contributed by atoms with Crippen LogP contribution in [-0.4, -0.2) is 21.1 Å². The van der Waals surface area contributed by atoms with E-state index in [-0.39, 0.29) is 0 Å². The minimum atomic E-state index is 0.456. The van der Waals surface area contributed by atoms with Crippen LogP contribution < -0.4 is 0 Å². The average Bonchev–Trinajstić information content (AvgIpc) is 2.94. The number of rotatable bonds is 4. The molecule has 4 nitrogen and oxygen atoms in total. The van der Waals surface area contributed by atoms with E-state index in [1.165, 1.54) is 5.56 Å². The fourth-order valence-electron chi connectivity index (χ4n) is 2.18. The molecule has 0 spiro atoms. The van der Waals surface area contributed by atoms with Gasteiger partial charge in [0.15, 0.2) is 5.82 Å². The van der Waals surface area contributed by atoms with Crippen LogP contribution in [0.5, 0.6) is 0 Å². The molecule has 1 N–H and O–H groups in total. The number of benzene rings is 2. The Labute approximate surface area is 148 Å². The van der Waals surface area contributed by atoms with Gasteiger partial charge in [-0.25, -0.2) is 5.10 Å². The Bertz CT molecular complexity index is 893. The molecule has 1 aromatic heterocycles. The molecule has 0 aliphatic heterocycles. The molecular formula is C17H15BrN4S. The molecule has 0 aliphatic rings. The van der Waals surface area contributed by atoms with Gasteiger partial charge in [-0.3, -0.25) is 0 Å². The Kier molecular flexibility index (Phi) is 4.83. The van der Waals surface area contributed by atoms with Crippen molar-refractivity contribution in [3.8, 4) is 11.4 Å². The van der Waals surface area contributed by atoms with Gasteiger partial charge in [0.25, 0.3) is 0 Å². The van der Waals surface area contributed by atoms with Crippen molar-refractivity contribution >= 4 is 34.4 Å². The summed E-state index contributed by atoms with van der Waals surface area (Å²) in [6.45, 7) is 2.14. The third-order valence-electron chi connectivity index (χ3n) is 3.48. The van der Waals surface area contributed by atoms with Crippen molar-refractivity contribution < 1.29 is 0 Å². The van der Waals surface area contributed by atoms with Gasteiger partial charge in [-0.05, 0) is 41.9 Å². The summed E-state index contributed by atoms with van der Waals surface area (Å²) in [4.78, 5) is 0. The Hall–Kier alpha value is -2.05. The fraction of sp³-hybridized carbons (Fsp3) is 0.118. The van der Waals surface area contributed by atoms with Crippen molar-refractivity contribution in [2.75, 3.05) is 0 Å². The molecule has 6 heteroatoms. The van der Waals surface area contributed by atoms with Gasteiger partial charge in [-0.2, -0.15) is 14.9 Å². The van der Waals surface area contributed by atoms with Crippen LogP contribution in [0.1, 0.15) is 18.1 Å². The lowest BCUT2D eigenvalue weighted by Crippen LogP contribution is -1.95. The number of halogens is 1. The molecular weight excluding hydrogens is 372 g/mol. The number of aromatic nitrogens is 3. The van der Waals surface area contributed by atoms with E-state index in [9.17, 15) is 0 Å². The smallest absolute Gasteiger partial charge is 0.216 e. The molecule has 0 aliphatic carbocycles. The third-order valence-corrected chi connectivity index (χ3v) is 4.43. The van der Waals surface area contributed by atoms with E-state index in [0.717, 1.165) is 22.0 Å². The van der Waals surface area contributed by atoms with Crippen molar-refractivity contribution in [3.63, 3.8) is 0 Å². The van der Waals surface area contributed by atoms with E-state index >= 15 is 0 Å². The second-order valence-corrected chi connectivity index (χ2v) is 6.22. The standard InChI is InChI=1S/C17H15BrN4S/c1-2-12-7-9-13(10-8-12)11-19-22-16(20-21-17(22)23)14-5-3-4-6-15(14)18/h3-11H,2H2,1H3,(H,21,23). The molecule has 116 valence electrons. The van der Waals surface area contributed by atoms with E-state index < -0.39 is 0 Å². The van der Waals surface area contributed by atoms with Crippen molar-refractivity contribution in [2.45, 2.75) is 13.3 Å². The molecule has 23 heavy (non-hydrogen) atoms. The predicted molar refractivity (Wildman–Crippen MR) is 99.4 cm³/mol. The van der Waals surface area contributed by atoms with Gasteiger partial charge >= 0.3 is 0 Å². The van der Waals surface area contributed by atoms with E-state index in [1.54, 1.807) is 10.9 Å². The van der Waals surface area contributed by atoms with E-state index in [1.807, 2.05) is 36.4 Å². The van der Waals surface area contributed by atoms with Gasteiger partial charge in [-0.15, -0.1) is 0 Å². The lowest BCUT2D eigenvalue weighted by atomic mass is 10.1. The molecule has 3 aromatic rings. The molecule has 3 rings (SSSR count). The first-order valence-electron chi connectivity index (χ1n) is 7.24. The molecule has 0 saturated carbocycles. The molecule has 1 heterocycles. The average molecular weight is 387 g/mol. The van der Waals surface area contributed by atoms with Crippen molar-refractivity contribution in [2.24, 2.45) is 5.10 Å². The molecule has 2 aromatic carbocycles. The van der Waals surface area contributed by atoms with Crippen LogP contribution in [0.25, 0.3) is 11.4 Å². The highest BCUT2D eigenvalue weighted by Gasteiger charge is 2.10. The largest absolute Gasteiger partial charge is 0.250 e. The molecule has 0 radical (unpaired) electrons. The second-order valence-electron chi connectivity index (χ2n) is 4.98. The van der Waals surface area contributed by atoms with Crippen LogP contribution in [-0.2, 0) is 6.42 Å². The summed E-state index contributed by atoms with van der Waals surface area (Å²) in [5.74, 6) is 0.670. The van der Waals surface area contributed by atoms with E-state index in [4.69, 9.17) is 12.2 Å². The highest BCUT2D eigenvalue weighted by molar-refractivity contribution is 9.10. The summed E-state index contributed by atoms with van der Waals surface area (Å²) in [6.07, 6.45) is 2.81. The van der Waals surface area contributed by atoms with Crippen LogP contribution >= 0.6 is 28.1 Å². The maximum Gasteiger partial charge on any atom is 0.216 e. The topological polar surface area (TPSA) is 46.0 Å². The first kappa shape index (κ1) is 15.8. The van der Waals surface area contributed by atoms with Gasteiger partial charge in [0.2, 0.25) is 4.77 Å². The minimum Gasteiger partial charge on any atom is -0.250 e. The van der Waals surface area contributed by atoms with Gasteiger partial charge in [0.1, 0.15) is 0 Å². The number of H-pyrrole nitrogens is 1. The van der Waals surface area contributed by atoms with Crippen molar-refractivity contribution in [1.29, 1.82) is 0 Å². The zero-order chi connectivity index (χ0) is 16.2. The molecule has 0 atom stereocenters. The molecule has 0 amide bonds. The zero-order valence-corrected chi connectivity index (χ0v) is 14.9. The van der Waals surface area contributed by atoms with Gasteiger partial charge in [0.05, 0.1) is 6.21 Å². The minimum absolute atomic E-state index is 0.456. The Morgan fingerprint density at radius 3 is 2.65 bits per heavy atom. The Morgan fingerprint density at radius 1 is 1.22 bits per heavy atom.